The van der Waals surface area contributed by atoms with Crippen molar-refractivity contribution in [1.29, 1.82) is 0 Å². The Morgan fingerprint density at radius 3 is 1.70 bits per heavy atom. The van der Waals surface area contributed by atoms with Crippen LogP contribution < -0.4 is 0 Å². The van der Waals surface area contributed by atoms with E-state index in [2.05, 4.69) is 0 Å². The van der Waals surface area contributed by atoms with Crippen molar-refractivity contribution in [1.82, 2.24) is 0 Å². The van der Waals surface area contributed by atoms with Gasteiger partial charge >= 0.3 is 6.18 Å². The van der Waals surface area contributed by atoms with Gasteiger partial charge < -0.3 is 9.47 Å². The van der Waals surface area contributed by atoms with Gasteiger partial charge in [-0.2, -0.15) is 13.2 Å². The van der Waals surface area contributed by atoms with Crippen LogP contribution in [0, 0.1) is 0 Å². The van der Waals surface area contributed by atoms with Crippen LogP contribution in [0.25, 0.3) is 0 Å². The number of ether oxygens (including phenoxy) is 2. The van der Waals surface area contributed by atoms with Gasteiger partial charge in [0, 0.05) is 19.6 Å². The lowest BCUT2D eigenvalue weighted by molar-refractivity contribution is -0.135. The molecule has 1 rings (SSSR count). The smallest absolute Gasteiger partial charge is 0.379 e. The summed E-state index contributed by atoms with van der Waals surface area (Å²) in [6.07, 6.45) is 13.7. The lowest BCUT2D eigenvalue weighted by Gasteiger charge is -2.22. The van der Waals surface area contributed by atoms with E-state index >= 15 is 0 Å². The first-order valence-electron chi connectivity index (χ1n) is 11.3. The second-order valence-corrected chi connectivity index (χ2v) is 8.02. The Hall–Kier alpha value is -0.290. The molecule has 5 heteroatoms. The van der Waals surface area contributed by atoms with E-state index in [1.165, 1.54) is 64.2 Å². The lowest BCUT2D eigenvalue weighted by atomic mass is 10.0. The Morgan fingerprint density at radius 2 is 1.22 bits per heavy atom. The topological polar surface area (TPSA) is 18.5 Å². The van der Waals surface area contributed by atoms with Gasteiger partial charge in [0.05, 0.1) is 12.7 Å². The standard InChI is InChI=1S/C22H41F3O2/c23-22(24,25)17-13-10-8-6-4-2-1-3-5-7-9-11-14-18-26-20-21-16-12-15-19-27-21/h21H,1-20H2. The van der Waals surface area contributed by atoms with Crippen LogP contribution in [-0.2, 0) is 9.47 Å². The minimum atomic E-state index is -3.98. The Kier molecular flexibility index (Phi) is 15.3. The van der Waals surface area contributed by atoms with Crippen molar-refractivity contribution in [2.75, 3.05) is 19.8 Å². The zero-order chi connectivity index (χ0) is 19.6. The van der Waals surface area contributed by atoms with Crippen molar-refractivity contribution in [3.63, 3.8) is 0 Å². The third-order valence-corrected chi connectivity index (χ3v) is 5.33. The molecular weight excluding hydrogens is 353 g/mol. The molecule has 0 aromatic heterocycles. The van der Waals surface area contributed by atoms with Crippen molar-refractivity contribution in [2.24, 2.45) is 0 Å². The van der Waals surface area contributed by atoms with E-state index in [4.69, 9.17) is 9.47 Å². The molecule has 0 aliphatic carbocycles. The largest absolute Gasteiger partial charge is 0.389 e. The van der Waals surface area contributed by atoms with Gasteiger partial charge in [0.1, 0.15) is 0 Å². The minimum absolute atomic E-state index is 0.295. The highest BCUT2D eigenvalue weighted by molar-refractivity contribution is 4.62. The lowest BCUT2D eigenvalue weighted by Crippen LogP contribution is -2.24. The van der Waals surface area contributed by atoms with Crippen LogP contribution in [0.4, 0.5) is 13.2 Å². The van der Waals surface area contributed by atoms with E-state index in [1.54, 1.807) is 0 Å². The summed E-state index contributed by atoms with van der Waals surface area (Å²) < 4.78 is 47.4. The molecule has 0 N–H and O–H groups in total. The van der Waals surface area contributed by atoms with Crippen molar-refractivity contribution in [3.8, 4) is 0 Å². The maximum absolute atomic E-state index is 12.0. The van der Waals surface area contributed by atoms with Crippen LogP contribution in [0.15, 0.2) is 0 Å². The van der Waals surface area contributed by atoms with Gasteiger partial charge in [-0.15, -0.1) is 0 Å². The number of halogens is 3. The summed E-state index contributed by atoms with van der Waals surface area (Å²) >= 11 is 0. The monoisotopic (exact) mass is 394 g/mol. The summed E-state index contributed by atoms with van der Waals surface area (Å²) in [6, 6.07) is 0. The summed E-state index contributed by atoms with van der Waals surface area (Å²) in [4.78, 5) is 0. The van der Waals surface area contributed by atoms with Crippen LogP contribution in [-0.4, -0.2) is 32.1 Å². The molecule has 162 valence electrons. The van der Waals surface area contributed by atoms with Crippen LogP contribution >= 0.6 is 0 Å². The Balaban J connectivity index is 1.67. The molecule has 1 aliphatic heterocycles. The molecule has 2 nitrogen and oxygen atoms in total. The first kappa shape index (κ1) is 24.7. The summed E-state index contributed by atoms with van der Waals surface area (Å²) in [5.74, 6) is 0. The fourth-order valence-corrected chi connectivity index (χ4v) is 3.63. The van der Waals surface area contributed by atoms with Crippen molar-refractivity contribution >= 4 is 0 Å². The predicted molar refractivity (Wildman–Crippen MR) is 105 cm³/mol. The third kappa shape index (κ3) is 17.5. The van der Waals surface area contributed by atoms with E-state index in [1.807, 2.05) is 0 Å². The fourth-order valence-electron chi connectivity index (χ4n) is 3.63. The molecule has 27 heavy (non-hydrogen) atoms. The van der Waals surface area contributed by atoms with Gasteiger partial charge in [-0.3, -0.25) is 0 Å². The molecule has 0 saturated carbocycles. The first-order chi connectivity index (χ1) is 13.1. The average molecular weight is 395 g/mol. The van der Waals surface area contributed by atoms with Gasteiger partial charge in [0.2, 0.25) is 0 Å². The van der Waals surface area contributed by atoms with E-state index < -0.39 is 12.6 Å². The fraction of sp³-hybridized carbons (Fsp3) is 1.00. The van der Waals surface area contributed by atoms with E-state index in [9.17, 15) is 13.2 Å². The number of hydrogen-bond donors (Lipinski definition) is 0. The SMILES string of the molecule is FC(F)(F)CCCCCCCCCCCCCCCOCC1CCCCO1. The quantitative estimate of drug-likeness (QED) is 0.237. The highest BCUT2D eigenvalue weighted by Gasteiger charge is 2.25. The predicted octanol–water partition coefficient (Wildman–Crippen LogP) is 7.60. The van der Waals surface area contributed by atoms with E-state index in [0.717, 1.165) is 51.9 Å². The molecule has 0 aromatic rings. The molecule has 1 aliphatic rings. The molecule has 0 bridgehead atoms. The number of hydrogen-bond acceptors (Lipinski definition) is 2. The summed E-state index contributed by atoms with van der Waals surface area (Å²) in [5, 5.41) is 0. The zero-order valence-electron chi connectivity index (χ0n) is 17.2. The van der Waals surface area contributed by atoms with Crippen molar-refractivity contribution in [3.05, 3.63) is 0 Å². The molecule has 1 saturated heterocycles. The first-order valence-corrected chi connectivity index (χ1v) is 11.3. The highest BCUT2D eigenvalue weighted by Crippen LogP contribution is 2.23. The number of rotatable bonds is 17. The van der Waals surface area contributed by atoms with Gasteiger partial charge in [-0.05, 0) is 32.1 Å². The Morgan fingerprint density at radius 1 is 0.704 bits per heavy atom. The van der Waals surface area contributed by atoms with E-state index in [-0.39, 0.29) is 0 Å². The van der Waals surface area contributed by atoms with Gasteiger partial charge in [-0.1, -0.05) is 70.6 Å². The molecule has 1 unspecified atom stereocenters. The van der Waals surface area contributed by atoms with Crippen molar-refractivity contribution in [2.45, 2.75) is 121 Å². The number of alkyl halides is 3. The summed E-state index contributed by atoms with van der Waals surface area (Å²) in [5.41, 5.74) is 0. The molecule has 1 heterocycles. The molecule has 0 radical (unpaired) electrons. The molecule has 0 amide bonds. The average Bonchev–Trinajstić information content (AvgIpc) is 2.64. The van der Waals surface area contributed by atoms with Gasteiger partial charge in [-0.25, -0.2) is 0 Å². The van der Waals surface area contributed by atoms with Crippen LogP contribution in [0.1, 0.15) is 109 Å². The third-order valence-electron chi connectivity index (χ3n) is 5.33. The second-order valence-electron chi connectivity index (χ2n) is 8.02. The van der Waals surface area contributed by atoms with Crippen LogP contribution in [0.2, 0.25) is 0 Å². The second kappa shape index (κ2) is 16.6. The zero-order valence-corrected chi connectivity index (χ0v) is 17.2. The molecular formula is C22H41F3O2. The van der Waals surface area contributed by atoms with Crippen LogP contribution in [0.3, 0.4) is 0 Å². The number of unbranched alkanes of at least 4 members (excludes halogenated alkanes) is 12. The van der Waals surface area contributed by atoms with Gasteiger partial charge in [0.15, 0.2) is 0 Å². The minimum Gasteiger partial charge on any atom is -0.379 e. The van der Waals surface area contributed by atoms with Gasteiger partial charge in [0.25, 0.3) is 0 Å². The Bertz CT molecular complexity index is 315. The summed E-state index contributed by atoms with van der Waals surface area (Å²) in [6.45, 7) is 2.53. The maximum atomic E-state index is 12.0. The summed E-state index contributed by atoms with van der Waals surface area (Å²) in [7, 11) is 0. The molecule has 0 spiro atoms. The Labute approximate surface area is 164 Å². The maximum Gasteiger partial charge on any atom is 0.389 e. The normalized spacial score (nSPS) is 18.1. The molecule has 0 aromatic carbocycles. The highest BCUT2D eigenvalue weighted by atomic mass is 19.4. The van der Waals surface area contributed by atoms with E-state index in [0.29, 0.717) is 12.5 Å². The molecule has 1 atom stereocenters. The van der Waals surface area contributed by atoms with Crippen molar-refractivity contribution < 1.29 is 22.6 Å². The molecule has 1 fully saturated rings. The van der Waals surface area contributed by atoms with Crippen LogP contribution in [0.5, 0.6) is 0 Å².